The van der Waals surface area contributed by atoms with Gasteiger partial charge in [-0.15, -0.1) is 0 Å². The van der Waals surface area contributed by atoms with E-state index in [1.54, 1.807) is 36.4 Å². The second kappa shape index (κ2) is 8.66. The van der Waals surface area contributed by atoms with Crippen molar-refractivity contribution in [3.05, 3.63) is 53.1 Å². The molecule has 0 aromatic heterocycles. The molecule has 26 heavy (non-hydrogen) atoms. The van der Waals surface area contributed by atoms with Crippen molar-refractivity contribution in [1.82, 2.24) is 10.8 Å². The molecule has 0 aliphatic carbocycles. The molecule has 0 saturated heterocycles. The summed E-state index contributed by atoms with van der Waals surface area (Å²) < 4.78 is 5.12. The van der Waals surface area contributed by atoms with E-state index in [4.69, 9.17) is 21.5 Å². The van der Waals surface area contributed by atoms with Gasteiger partial charge in [0.05, 0.1) is 18.2 Å². The number of hydroxylamine groups is 1. The fraction of sp³-hybridized carbons (Fsp3) is 0.222. The lowest BCUT2D eigenvalue weighted by molar-refractivity contribution is -0.133. The van der Waals surface area contributed by atoms with Crippen LogP contribution >= 0.6 is 11.6 Å². The van der Waals surface area contributed by atoms with E-state index in [9.17, 15) is 14.7 Å². The van der Waals surface area contributed by atoms with Crippen molar-refractivity contribution in [2.75, 3.05) is 7.11 Å². The van der Waals surface area contributed by atoms with Crippen LogP contribution in [0.1, 0.15) is 17.3 Å². The van der Waals surface area contributed by atoms with Gasteiger partial charge in [-0.25, -0.2) is 5.48 Å². The predicted molar refractivity (Wildman–Crippen MR) is 96.3 cm³/mol. The van der Waals surface area contributed by atoms with Gasteiger partial charge in [0.25, 0.3) is 11.8 Å². The number of aliphatic hydroxyl groups is 1. The number of ether oxygens (including phenoxy) is 1. The van der Waals surface area contributed by atoms with E-state index in [-0.39, 0.29) is 0 Å². The van der Waals surface area contributed by atoms with Crippen LogP contribution in [0.4, 0.5) is 0 Å². The smallest absolute Gasteiger partial charge is 0.268 e. The average Bonchev–Trinajstić information content (AvgIpc) is 2.65. The van der Waals surface area contributed by atoms with E-state index in [0.29, 0.717) is 16.3 Å². The summed E-state index contributed by atoms with van der Waals surface area (Å²) in [6, 6.07) is 10.7. The number of benzene rings is 2. The van der Waals surface area contributed by atoms with Crippen molar-refractivity contribution >= 4 is 23.4 Å². The van der Waals surface area contributed by atoms with Crippen molar-refractivity contribution in [2.45, 2.75) is 19.1 Å². The van der Waals surface area contributed by atoms with Gasteiger partial charge in [0.2, 0.25) is 0 Å². The van der Waals surface area contributed by atoms with Gasteiger partial charge < -0.3 is 15.2 Å². The molecule has 0 spiro atoms. The summed E-state index contributed by atoms with van der Waals surface area (Å²) >= 11 is 6.12. The van der Waals surface area contributed by atoms with E-state index in [1.807, 2.05) is 6.07 Å². The van der Waals surface area contributed by atoms with Crippen LogP contribution in [0.3, 0.4) is 0 Å². The van der Waals surface area contributed by atoms with Crippen molar-refractivity contribution in [2.24, 2.45) is 0 Å². The molecule has 0 unspecified atom stereocenters. The van der Waals surface area contributed by atoms with Crippen molar-refractivity contribution in [3.8, 4) is 16.9 Å². The quantitative estimate of drug-likeness (QED) is 0.454. The Hall–Kier alpha value is -2.61. The molecule has 2 aromatic rings. The summed E-state index contributed by atoms with van der Waals surface area (Å²) in [5.41, 5.74) is 3.40. The van der Waals surface area contributed by atoms with Gasteiger partial charge in [0, 0.05) is 5.56 Å². The monoisotopic (exact) mass is 378 g/mol. The number of amides is 2. The molecule has 2 amide bonds. The van der Waals surface area contributed by atoms with Crippen LogP contribution < -0.4 is 15.5 Å². The number of carbonyl (C=O) groups excluding carboxylic acids is 2. The molecule has 2 atom stereocenters. The molecule has 0 bridgehead atoms. The first-order chi connectivity index (χ1) is 12.4. The fourth-order valence-corrected chi connectivity index (χ4v) is 2.62. The van der Waals surface area contributed by atoms with E-state index in [1.165, 1.54) is 19.5 Å². The maximum atomic E-state index is 12.2. The normalized spacial score (nSPS) is 12.8. The highest BCUT2D eigenvalue weighted by molar-refractivity contribution is 6.32. The lowest BCUT2D eigenvalue weighted by atomic mass is 10.0. The molecule has 0 aliphatic heterocycles. The third-order valence-corrected chi connectivity index (χ3v) is 4.09. The van der Waals surface area contributed by atoms with Gasteiger partial charge in [0.1, 0.15) is 11.8 Å². The topological polar surface area (TPSA) is 108 Å². The zero-order valence-electron chi connectivity index (χ0n) is 14.2. The molecule has 7 nitrogen and oxygen atoms in total. The number of methoxy groups -OCH3 is 1. The summed E-state index contributed by atoms with van der Waals surface area (Å²) in [7, 11) is 1.53. The molecule has 4 N–H and O–H groups in total. The summed E-state index contributed by atoms with van der Waals surface area (Å²) in [5, 5.41) is 21.1. The van der Waals surface area contributed by atoms with Gasteiger partial charge >= 0.3 is 0 Å². The Morgan fingerprint density at radius 3 is 2.23 bits per heavy atom. The molecule has 2 rings (SSSR count). The lowest BCUT2D eigenvalue weighted by Crippen LogP contribution is -2.51. The van der Waals surface area contributed by atoms with E-state index in [0.717, 1.165) is 11.1 Å². The molecule has 8 heteroatoms. The molecular formula is C18H19ClN2O5. The summed E-state index contributed by atoms with van der Waals surface area (Å²) in [6.45, 7) is 1.33. The summed E-state index contributed by atoms with van der Waals surface area (Å²) in [5.74, 6) is -0.894. The molecule has 0 aliphatic rings. The van der Waals surface area contributed by atoms with Crippen LogP contribution in [0.15, 0.2) is 42.5 Å². The van der Waals surface area contributed by atoms with Crippen molar-refractivity contribution < 1.29 is 24.6 Å². The summed E-state index contributed by atoms with van der Waals surface area (Å²) in [6.07, 6.45) is -1.17. The highest BCUT2D eigenvalue weighted by Gasteiger charge is 2.25. The molecule has 2 aromatic carbocycles. The van der Waals surface area contributed by atoms with Crippen molar-refractivity contribution in [1.29, 1.82) is 0 Å². The Morgan fingerprint density at radius 1 is 1.12 bits per heavy atom. The van der Waals surface area contributed by atoms with Crippen LogP contribution in [-0.4, -0.2) is 41.4 Å². The Kier molecular flexibility index (Phi) is 6.57. The Morgan fingerprint density at radius 2 is 1.73 bits per heavy atom. The predicted octanol–water partition coefficient (Wildman–Crippen LogP) is 2.00. The lowest BCUT2D eigenvalue weighted by Gasteiger charge is -2.19. The summed E-state index contributed by atoms with van der Waals surface area (Å²) in [4.78, 5) is 23.7. The minimum absolute atomic E-state index is 0.296. The van der Waals surface area contributed by atoms with E-state index >= 15 is 0 Å². The molecule has 0 fully saturated rings. The van der Waals surface area contributed by atoms with E-state index < -0.39 is 24.0 Å². The molecular weight excluding hydrogens is 360 g/mol. The minimum atomic E-state index is -1.27. The van der Waals surface area contributed by atoms with Crippen LogP contribution in [0.5, 0.6) is 5.75 Å². The first-order valence-electron chi connectivity index (χ1n) is 7.74. The molecule has 138 valence electrons. The number of halogens is 1. The number of rotatable bonds is 6. The van der Waals surface area contributed by atoms with Crippen LogP contribution in [0, 0.1) is 0 Å². The van der Waals surface area contributed by atoms with Crippen LogP contribution in [0.25, 0.3) is 11.1 Å². The molecule has 0 heterocycles. The Bertz CT molecular complexity index is 793. The third kappa shape index (κ3) is 4.51. The Labute approximate surface area is 155 Å². The first kappa shape index (κ1) is 19.7. The van der Waals surface area contributed by atoms with Crippen LogP contribution in [0.2, 0.25) is 5.02 Å². The SMILES string of the molecule is COc1ccc(-c2ccc(C(=O)N[C@H](C(=O)NO)[C@@H](C)O)cc2)cc1Cl. The van der Waals surface area contributed by atoms with Gasteiger partial charge in [-0.3, -0.25) is 14.8 Å². The highest BCUT2D eigenvalue weighted by atomic mass is 35.5. The highest BCUT2D eigenvalue weighted by Crippen LogP contribution is 2.30. The maximum Gasteiger partial charge on any atom is 0.268 e. The maximum absolute atomic E-state index is 12.2. The second-order valence-electron chi connectivity index (χ2n) is 5.59. The van der Waals surface area contributed by atoms with Crippen molar-refractivity contribution in [3.63, 3.8) is 0 Å². The zero-order valence-corrected chi connectivity index (χ0v) is 14.9. The van der Waals surface area contributed by atoms with Crippen LogP contribution in [-0.2, 0) is 4.79 Å². The van der Waals surface area contributed by atoms with Gasteiger partial charge in [-0.2, -0.15) is 0 Å². The third-order valence-electron chi connectivity index (χ3n) is 3.79. The number of hydrogen-bond donors (Lipinski definition) is 4. The largest absolute Gasteiger partial charge is 0.495 e. The Balaban J connectivity index is 2.17. The van der Waals surface area contributed by atoms with E-state index in [2.05, 4.69) is 5.32 Å². The number of aliphatic hydroxyl groups excluding tert-OH is 1. The van der Waals surface area contributed by atoms with Gasteiger partial charge in [-0.1, -0.05) is 29.8 Å². The minimum Gasteiger partial charge on any atom is -0.495 e. The number of carbonyl (C=O) groups is 2. The van der Waals surface area contributed by atoms with Gasteiger partial charge in [-0.05, 0) is 42.3 Å². The number of hydrogen-bond acceptors (Lipinski definition) is 5. The first-order valence-corrected chi connectivity index (χ1v) is 8.12. The molecule has 0 radical (unpaired) electrons. The van der Waals surface area contributed by atoms with Gasteiger partial charge in [0.15, 0.2) is 0 Å². The standard InChI is InChI=1S/C18H19ClN2O5/c1-10(22)16(18(24)21-25)20-17(23)12-5-3-11(4-6-12)13-7-8-15(26-2)14(19)9-13/h3-10,16,22,25H,1-2H3,(H,20,23)(H,21,24)/t10-,16+/m1/s1. The second-order valence-corrected chi connectivity index (χ2v) is 6.00. The molecule has 0 saturated carbocycles. The number of nitrogens with one attached hydrogen (secondary N) is 2. The fourth-order valence-electron chi connectivity index (χ4n) is 2.36. The average molecular weight is 379 g/mol. The zero-order chi connectivity index (χ0) is 19.3.